The van der Waals surface area contributed by atoms with Crippen LogP contribution in [0.5, 0.6) is 5.75 Å². The van der Waals surface area contributed by atoms with Crippen molar-refractivity contribution in [3.05, 3.63) is 29.3 Å². The molecule has 0 amide bonds. The third-order valence-electron chi connectivity index (χ3n) is 3.51. The van der Waals surface area contributed by atoms with Crippen molar-refractivity contribution in [3.63, 3.8) is 0 Å². The van der Waals surface area contributed by atoms with Gasteiger partial charge in [0.1, 0.15) is 5.75 Å². The van der Waals surface area contributed by atoms with Crippen LogP contribution in [-0.4, -0.2) is 30.9 Å². The Hall–Kier alpha value is -1.06. The summed E-state index contributed by atoms with van der Waals surface area (Å²) in [5.74, 6) is 1.47. The molecule has 3 nitrogen and oxygen atoms in total. The number of aliphatic hydroxyl groups is 1. The number of hydrogen-bond donors (Lipinski definition) is 2. The summed E-state index contributed by atoms with van der Waals surface area (Å²) in [6, 6.07) is 6.53. The van der Waals surface area contributed by atoms with Crippen molar-refractivity contribution in [2.75, 3.05) is 19.8 Å². The summed E-state index contributed by atoms with van der Waals surface area (Å²) < 4.78 is 5.89. The summed E-state index contributed by atoms with van der Waals surface area (Å²) in [4.78, 5) is 0. The SMILES string of the molecule is CCCNC(CO)CCOc1cc(C(C)C)ccc1C. The van der Waals surface area contributed by atoms with Gasteiger partial charge in [0.15, 0.2) is 0 Å². The van der Waals surface area contributed by atoms with Gasteiger partial charge in [-0.05, 0) is 49.4 Å². The minimum Gasteiger partial charge on any atom is -0.493 e. The molecule has 2 N–H and O–H groups in total. The molecule has 1 unspecified atom stereocenters. The molecule has 114 valence electrons. The van der Waals surface area contributed by atoms with E-state index in [0.717, 1.165) is 30.7 Å². The maximum absolute atomic E-state index is 9.30. The van der Waals surface area contributed by atoms with Crippen molar-refractivity contribution < 1.29 is 9.84 Å². The first-order valence-corrected chi connectivity index (χ1v) is 7.66. The second kappa shape index (κ2) is 8.98. The summed E-state index contributed by atoms with van der Waals surface area (Å²) in [6.07, 6.45) is 1.90. The van der Waals surface area contributed by atoms with Gasteiger partial charge in [-0.15, -0.1) is 0 Å². The number of nitrogens with one attached hydrogen (secondary N) is 1. The molecule has 0 aliphatic rings. The smallest absolute Gasteiger partial charge is 0.122 e. The zero-order valence-corrected chi connectivity index (χ0v) is 13.3. The van der Waals surface area contributed by atoms with Gasteiger partial charge in [0.25, 0.3) is 0 Å². The molecule has 0 aliphatic heterocycles. The fourth-order valence-corrected chi connectivity index (χ4v) is 2.05. The van der Waals surface area contributed by atoms with E-state index < -0.39 is 0 Å². The molecule has 0 saturated heterocycles. The molecule has 20 heavy (non-hydrogen) atoms. The first-order chi connectivity index (χ1) is 9.58. The predicted octanol–water partition coefficient (Wildman–Crippen LogP) is 3.25. The zero-order valence-electron chi connectivity index (χ0n) is 13.3. The van der Waals surface area contributed by atoms with E-state index in [-0.39, 0.29) is 12.6 Å². The number of ether oxygens (including phenoxy) is 1. The minimum atomic E-state index is 0.128. The van der Waals surface area contributed by atoms with Crippen LogP contribution < -0.4 is 10.1 Å². The van der Waals surface area contributed by atoms with Crippen molar-refractivity contribution in [1.29, 1.82) is 0 Å². The topological polar surface area (TPSA) is 41.5 Å². The monoisotopic (exact) mass is 279 g/mol. The van der Waals surface area contributed by atoms with Crippen LogP contribution in [0.4, 0.5) is 0 Å². The Morgan fingerprint density at radius 2 is 2.05 bits per heavy atom. The van der Waals surface area contributed by atoms with Crippen LogP contribution in [0.3, 0.4) is 0 Å². The van der Waals surface area contributed by atoms with E-state index in [2.05, 4.69) is 51.2 Å². The lowest BCUT2D eigenvalue weighted by atomic mass is 10.0. The van der Waals surface area contributed by atoms with Crippen LogP contribution in [0.2, 0.25) is 0 Å². The standard InChI is InChI=1S/C17H29NO2/c1-5-9-18-16(12-19)8-10-20-17-11-15(13(2)3)7-6-14(17)4/h6-7,11,13,16,18-19H,5,8-10,12H2,1-4H3. The molecule has 0 spiro atoms. The molecule has 1 rings (SSSR count). The van der Waals surface area contributed by atoms with Crippen LogP contribution in [0, 0.1) is 6.92 Å². The second-order valence-electron chi connectivity index (χ2n) is 5.65. The van der Waals surface area contributed by atoms with E-state index in [0.29, 0.717) is 12.5 Å². The van der Waals surface area contributed by atoms with Crippen molar-refractivity contribution in [3.8, 4) is 5.75 Å². The molecule has 3 heteroatoms. The van der Waals surface area contributed by atoms with E-state index in [1.54, 1.807) is 0 Å². The number of benzene rings is 1. The van der Waals surface area contributed by atoms with Crippen LogP contribution in [0.25, 0.3) is 0 Å². The van der Waals surface area contributed by atoms with Gasteiger partial charge in [-0.3, -0.25) is 0 Å². The van der Waals surface area contributed by atoms with Gasteiger partial charge in [0, 0.05) is 6.04 Å². The number of hydrogen-bond acceptors (Lipinski definition) is 3. The van der Waals surface area contributed by atoms with Gasteiger partial charge in [0.05, 0.1) is 13.2 Å². The molecule has 1 atom stereocenters. The Morgan fingerprint density at radius 3 is 2.65 bits per heavy atom. The summed E-state index contributed by atoms with van der Waals surface area (Å²) in [5.41, 5.74) is 2.46. The van der Waals surface area contributed by atoms with E-state index >= 15 is 0 Å². The Labute approximate surface area is 123 Å². The van der Waals surface area contributed by atoms with E-state index in [9.17, 15) is 5.11 Å². The van der Waals surface area contributed by atoms with Crippen LogP contribution >= 0.6 is 0 Å². The zero-order chi connectivity index (χ0) is 15.0. The van der Waals surface area contributed by atoms with Crippen molar-refractivity contribution in [1.82, 2.24) is 5.32 Å². The molecule has 0 aliphatic carbocycles. The van der Waals surface area contributed by atoms with Gasteiger partial charge in [-0.1, -0.05) is 32.9 Å². The Kier molecular flexibility index (Phi) is 7.63. The van der Waals surface area contributed by atoms with E-state index in [1.165, 1.54) is 5.56 Å². The minimum absolute atomic E-state index is 0.128. The first kappa shape index (κ1) is 17.0. The van der Waals surface area contributed by atoms with Gasteiger partial charge in [-0.2, -0.15) is 0 Å². The summed E-state index contributed by atoms with van der Waals surface area (Å²) in [7, 11) is 0. The second-order valence-corrected chi connectivity index (χ2v) is 5.65. The normalized spacial score (nSPS) is 12.7. The fraction of sp³-hybridized carbons (Fsp3) is 0.647. The molecular formula is C17H29NO2. The number of aliphatic hydroxyl groups excluding tert-OH is 1. The third kappa shape index (κ3) is 5.51. The lowest BCUT2D eigenvalue weighted by Gasteiger charge is -2.17. The molecule has 0 fully saturated rings. The van der Waals surface area contributed by atoms with Gasteiger partial charge >= 0.3 is 0 Å². The Balaban J connectivity index is 2.50. The molecule has 0 radical (unpaired) electrons. The maximum atomic E-state index is 9.30. The highest BCUT2D eigenvalue weighted by Crippen LogP contribution is 2.24. The lowest BCUT2D eigenvalue weighted by Crippen LogP contribution is -2.34. The van der Waals surface area contributed by atoms with Crippen molar-refractivity contribution in [2.45, 2.75) is 52.5 Å². The van der Waals surface area contributed by atoms with E-state index in [1.807, 2.05) is 0 Å². The largest absolute Gasteiger partial charge is 0.493 e. The molecule has 0 saturated carbocycles. The fourth-order valence-electron chi connectivity index (χ4n) is 2.05. The molecule has 0 heterocycles. The van der Waals surface area contributed by atoms with Crippen molar-refractivity contribution >= 4 is 0 Å². The van der Waals surface area contributed by atoms with Crippen LogP contribution in [-0.2, 0) is 0 Å². The van der Waals surface area contributed by atoms with E-state index in [4.69, 9.17) is 4.74 Å². The highest BCUT2D eigenvalue weighted by Gasteiger charge is 2.08. The average Bonchev–Trinajstić information content (AvgIpc) is 2.44. The number of aryl methyl sites for hydroxylation is 1. The maximum Gasteiger partial charge on any atom is 0.122 e. The quantitative estimate of drug-likeness (QED) is 0.729. The van der Waals surface area contributed by atoms with Gasteiger partial charge < -0.3 is 15.2 Å². The first-order valence-electron chi connectivity index (χ1n) is 7.66. The molecule has 1 aromatic carbocycles. The third-order valence-corrected chi connectivity index (χ3v) is 3.51. The van der Waals surface area contributed by atoms with Crippen molar-refractivity contribution in [2.24, 2.45) is 0 Å². The summed E-state index contributed by atoms with van der Waals surface area (Å²) in [5, 5.41) is 12.6. The molecule has 0 aromatic heterocycles. The molecule has 1 aromatic rings. The predicted molar refractivity (Wildman–Crippen MR) is 84.5 cm³/mol. The Morgan fingerprint density at radius 1 is 1.30 bits per heavy atom. The number of rotatable bonds is 9. The Bertz CT molecular complexity index is 391. The highest BCUT2D eigenvalue weighted by molar-refractivity contribution is 5.37. The van der Waals surface area contributed by atoms with Crippen LogP contribution in [0.15, 0.2) is 18.2 Å². The van der Waals surface area contributed by atoms with Gasteiger partial charge in [-0.25, -0.2) is 0 Å². The lowest BCUT2D eigenvalue weighted by molar-refractivity contribution is 0.208. The summed E-state index contributed by atoms with van der Waals surface area (Å²) in [6.45, 7) is 10.3. The molecular weight excluding hydrogens is 250 g/mol. The molecule has 0 bridgehead atoms. The summed E-state index contributed by atoms with van der Waals surface area (Å²) >= 11 is 0. The average molecular weight is 279 g/mol. The highest BCUT2D eigenvalue weighted by atomic mass is 16.5. The van der Waals surface area contributed by atoms with Gasteiger partial charge in [0.2, 0.25) is 0 Å². The van der Waals surface area contributed by atoms with Crippen LogP contribution in [0.1, 0.15) is 50.7 Å².